The van der Waals surface area contributed by atoms with Crippen LogP contribution in [0.5, 0.6) is 0 Å². The van der Waals surface area contributed by atoms with Crippen LogP contribution in [-0.2, 0) is 14.3 Å². The van der Waals surface area contributed by atoms with E-state index < -0.39 is 23.4 Å². The van der Waals surface area contributed by atoms with E-state index in [0.717, 1.165) is 0 Å². The first-order chi connectivity index (χ1) is 5.49. The summed E-state index contributed by atoms with van der Waals surface area (Å²) in [6.45, 7) is 1.62. The van der Waals surface area contributed by atoms with E-state index in [1.54, 1.807) is 6.92 Å². The molecule has 1 atom stereocenters. The number of hydrogen-bond donors (Lipinski definition) is 2. The molecule has 70 valence electrons. The zero-order valence-corrected chi connectivity index (χ0v) is 7.30. The predicted octanol–water partition coefficient (Wildman–Crippen LogP) is -0.430. The average molecular weight is 196 g/mol. The molecule has 0 aromatic heterocycles. The van der Waals surface area contributed by atoms with Crippen LogP contribution >= 0.6 is 11.6 Å². The zero-order valence-electron chi connectivity index (χ0n) is 6.54. The van der Waals surface area contributed by atoms with Gasteiger partial charge in [-0.2, -0.15) is 0 Å². The molecule has 1 unspecified atom stereocenters. The molecule has 0 amide bonds. The van der Waals surface area contributed by atoms with Gasteiger partial charge in [-0.1, -0.05) is 0 Å². The van der Waals surface area contributed by atoms with Crippen LogP contribution in [0, 0.1) is 0 Å². The Hall–Kier alpha value is -0.810. The van der Waals surface area contributed by atoms with E-state index in [9.17, 15) is 9.59 Å². The monoisotopic (exact) mass is 195 g/mol. The summed E-state index contributed by atoms with van der Waals surface area (Å²) in [5.74, 6) is -3.02. The number of carboxylic acids is 1. The molecular weight excluding hydrogens is 186 g/mol. The molecule has 0 aliphatic rings. The lowest BCUT2D eigenvalue weighted by Crippen LogP contribution is -2.57. The minimum atomic E-state index is -2.13. The highest BCUT2D eigenvalue weighted by molar-refractivity contribution is 6.24. The van der Waals surface area contributed by atoms with Crippen molar-refractivity contribution in [2.45, 2.75) is 12.5 Å². The number of carbonyl (C=O) groups excluding carboxylic acids is 1. The number of nitrogens with two attached hydrogens (primary N) is 1. The van der Waals surface area contributed by atoms with E-state index in [1.165, 1.54) is 0 Å². The molecule has 5 nitrogen and oxygen atoms in total. The molecule has 6 heteroatoms. The predicted molar refractivity (Wildman–Crippen MR) is 41.9 cm³/mol. The quantitative estimate of drug-likeness (QED) is 0.361. The molecule has 0 aliphatic heterocycles. The van der Waals surface area contributed by atoms with Gasteiger partial charge in [0.2, 0.25) is 5.54 Å². The Balaban J connectivity index is 4.52. The molecule has 0 saturated carbocycles. The molecule has 0 saturated heterocycles. The first kappa shape index (κ1) is 11.2. The Labute approximate surface area is 74.4 Å². The third kappa shape index (κ3) is 2.09. The second-order valence-corrected chi connectivity index (χ2v) is 2.40. The van der Waals surface area contributed by atoms with Gasteiger partial charge in [0.05, 0.1) is 12.5 Å². The van der Waals surface area contributed by atoms with Gasteiger partial charge in [0.25, 0.3) is 0 Å². The van der Waals surface area contributed by atoms with Crippen LogP contribution in [0.1, 0.15) is 6.92 Å². The van der Waals surface area contributed by atoms with Crippen molar-refractivity contribution in [1.82, 2.24) is 0 Å². The minimum absolute atomic E-state index is 0.0714. The van der Waals surface area contributed by atoms with Crippen molar-refractivity contribution in [2.24, 2.45) is 5.73 Å². The lowest BCUT2D eigenvalue weighted by Gasteiger charge is -2.18. The van der Waals surface area contributed by atoms with E-state index in [1.807, 2.05) is 0 Å². The standard InChI is InChI=1S/C6H10ClNO4/c1-2-12-5(11)6(8,3-7)4(9)10/h2-3,8H2,1H3,(H,9,10). The summed E-state index contributed by atoms with van der Waals surface area (Å²) in [5.41, 5.74) is 3.04. The van der Waals surface area contributed by atoms with Crippen molar-refractivity contribution >= 4 is 23.5 Å². The number of carbonyl (C=O) groups is 2. The van der Waals surface area contributed by atoms with Gasteiger partial charge in [-0.05, 0) is 6.92 Å². The van der Waals surface area contributed by atoms with Crippen LogP contribution < -0.4 is 5.73 Å². The Kier molecular flexibility index (Phi) is 3.99. The lowest BCUT2D eigenvalue weighted by molar-refractivity contribution is -0.159. The van der Waals surface area contributed by atoms with Crippen LogP contribution in [0.3, 0.4) is 0 Å². The van der Waals surface area contributed by atoms with Gasteiger partial charge in [0.1, 0.15) is 0 Å². The normalized spacial score (nSPS) is 14.9. The van der Waals surface area contributed by atoms with Crippen LogP contribution in [0.15, 0.2) is 0 Å². The summed E-state index contributed by atoms with van der Waals surface area (Å²) in [6, 6.07) is 0. The highest BCUT2D eigenvalue weighted by Crippen LogP contribution is 2.06. The lowest BCUT2D eigenvalue weighted by atomic mass is 10.1. The maximum absolute atomic E-state index is 10.9. The highest BCUT2D eigenvalue weighted by atomic mass is 35.5. The minimum Gasteiger partial charge on any atom is -0.479 e. The summed E-state index contributed by atoms with van der Waals surface area (Å²) in [5, 5.41) is 8.52. The number of rotatable bonds is 4. The second-order valence-electron chi connectivity index (χ2n) is 2.13. The fourth-order valence-electron chi connectivity index (χ4n) is 0.459. The summed E-state index contributed by atoms with van der Waals surface area (Å²) < 4.78 is 4.43. The first-order valence-electron chi connectivity index (χ1n) is 3.24. The Morgan fingerprint density at radius 2 is 2.17 bits per heavy atom. The molecular formula is C6H10ClNO4. The summed E-state index contributed by atoms with van der Waals surface area (Å²) in [4.78, 5) is 21.4. The molecule has 12 heavy (non-hydrogen) atoms. The van der Waals surface area contributed by atoms with Crippen LogP contribution in [0.25, 0.3) is 0 Å². The van der Waals surface area contributed by atoms with Gasteiger partial charge < -0.3 is 15.6 Å². The molecule has 0 aromatic rings. The largest absolute Gasteiger partial charge is 0.479 e. The van der Waals surface area contributed by atoms with Crippen molar-refractivity contribution in [3.05, 3.63) is 0 Å². The average Bonchev–Trinajstić information content (AvgIpc) is 2.03. The van der Waals surface area contributed by atoms with E-state index in [2.05, 4.69) is 4.74 Å². The fourth-order valence-corrected chi connectivity index (χ4v) is 0.682. The van der Waals surface area contributed by atoms with Gasteiger partial charge in [-0.25, -0.2) is 9.59 Å². The fraction of sp³-hybridized carbons (Fsp3) is 0.667. The molecule has 0 rings (SSSR count). The SMILES string of the molecule is CCOC(=O)C(N)(CCl)C(=O)O. The van der Waals surface area contributed by atoms with Crippen LogP contribution in [-0.4, -0.2) is 35.1 Å². The first-order valence-corrected chi connectivity index (χ1v) is 3.78. The van der Waals surface area contributed by atoms with Crippen molar-refractivity contribution in [3.8, 4) is 0 Å². The van der Waals surface area contributed by atoms with E-state index in [0.29, 0.717) is 0 Å². The van der Waals surface area contributed by atoms with Gasteiger partial charge in [0.15, 0.2) is 0 Å². The summed E-state index contributed by atoms with van der Waals surface area (Å²) in [7, 11) is 0. The Morgan fingerprint density at radius 1 is 1.67 bits per heavy atom. The third-order valence-electron chi connectivity index (χ3n) is 1.23. The van der Waals surface area contributed by atoms with Crippen LogP contribution in [0.2, 0.25) is 0 Å². The maximum atomic E-state index is 10.9. The maximum Gasteiger partial charge on any atom is 0.339 e. The molecule has 0 aliphatic carbocycles. The number of ether oxygens (including phenoxy) is 1. The molecule has 3 N–H and O–H groups in total. The number of aliphatic carboxylic acids is 1. The van der Waals surface area contributed by atoms with Gasteiger partial charge in [-0.3, -0.25) is 0 Å². The Bertz CT molecular complexity index is 196. The van der Waals surface area contributed by atoms with E-state index in [-0.39, 0.29) is 6.61 Å². The Morgan fingerprint density at radius 3 is 2.42 bits per heavy atom. The molecule has 0 aromatic carbocycles. The van der Waals surface area contributed by atoms with Crippen molar-refractivity contribution in [1.29, 1.82) is 0 Å². The van der Waals surface area contributed by atoms with Crippen LogP contribution in [0.4, 0.5) is 0 Å². The molecule has 0 spiro atoms. The molecule has 0 fully saturated rings. The smallest absolute Gasteiger partial charge is 0.339 e. The van der Waals surface area contributed by atoms with E-state index in [4.69, 9.17) is 22.4 Å². The molecule has 0 bridgehead atoms. The van der Waals surface area contributed by atoms with Gasteiger partial charge in [-0.15, -0.1) is 11.6 Å². The van der Waals surface area contributed by atoms with Gasteiger partial charge in [0, 0.05) is 0 Å². The zero-order chi connectivity index (χ0) is 9.78. The van der Waals surface area contributed by atoms with Gasteiger partial charge >= 0.3 is 11.9 Å². The summed E-state index contributed by atoms with van der Waals surface area (Å²) >= 11 is 5.23. The molecule has 0 heterocycles. The second kappa shape index (κ2) is 4.27. The van der Waals surface area contributed by atoms with Crippen molar-refractivity contribution in [2.75, 3.05) is 12.5 Å². The molecule has 0 radical (unpaired) electrons. The topological polar surface area (TPSA) is 89.6 Å². The number of hydrogen-bond acceptors (Lipinski definition) is 4. The number of halogens is 1. The third-order valence-corrected chi connectivity index (χ3v) is 1.65. The van der Waals surface area contributed by atoms with Crippen molar-refractivity contribution < 1.29 is 19.4 Å². The highest BCUT2D eigenvalue weighted by Gasteiger charge is 2.43. The van der Waals surface area contributed by atoms with E-state index >= 15 is 0 Å². The number of esters is 1. The summed E-state index contributed by atoms with van der Waals surface area (Å²) in [6.07, 6.45) is 0. The number of carboxylic acid groups (broad SMARTS) is 1. The van der Waals surface area contributed by atoms with Crippen molar-refractivity contribution in [3.63, 3.8) is 0 Å². The number of alkyl halides is 1.